The number of rotatable bonds is 26. The Morgan fingerprint density at radius 3 is 1.94 bits per heavy atom. The normalized spacial score (nSPS) is 14.3. The van der Waals surface area contributed by atoms with Crippen molar-refractivity contribution in [3.05, 3.63) is 35.6 Å². The fourth-order valence-electron chi connectivity index (χ4n) is 6.01. The second-order valence-corrected chi connectivity index (χ2v) is 16.8. The minimum Gasteiger partial charge on any atom is -0.444 e. The Kier molecular flexibility index (Phi) is 22.2. The summed E-state index contributed by atoms with van der Waals surface area (Å²) >= 11 is 1.50. The van der Waals surface area contributed by atoms with Gasteiger partial charge in [-0.2, -0.15) is 11.8 Å². The number of carbonyl (C=O) groups is 7. The van der Waals surface area contributed by atoms with Crippen LogP contribution in [-0.4, -0.2) is 77.3 Å². The molecular weight excluding hydrogens is 714 g/mol. The molecule has 1 aromatic carbocycles. The standard InChI is InChI=1S/C41H64FN3O8S/c1-26(2)22-27(3)36(48)25-32(23-30-14-16-33(42)17-15-30)39(51)45-35(18-13-28(4)46)37(49)24-31(19-21-54-9)38(50)44-34(29(5)47)12-10-11-20-43-40(52)53-41(6,7)8/h14-17,26-27,31-32,34-35H,10-13,18-25H2,1-9H3,(H,43,52)(H,44,50)(H,45,51)/t27?,31-,32-,34+,35+/m1/s1. The molecule has 0 bridgehead atoms. The number of halogens is 1. The Hall–Kier alpha value is -3.61. The molecule has 0 heterocycles. The highest BCUT2D eigenvalue weighted by Gasteiger charge is 2.32. The van der Waals surface area contributed by atoms with E-state index in [0.29, 0.717) is 50.0 Å². The molecule has 1 aromatic rings. The lowest BCUT2D eigenvalue weighted by Crippen LogP contribution is -2.47. The summed E-state index contributed by atoms with van der Waals surface area (Å²) in [5.41, 5.74) is 0.0294. The predicted molar refractivity (Wildman–Crippen MR) is 210 cm³/mol. The van der Waals surface area contributed by atoms with Gasteiger partial charge >= 0.3 is 6.09 Å². The zero-order valence-corrected chi connectivity index (χ0v) is 34.6. The van der Waals surface area contributed by atoms with Crippen molar-refractivity contribution < 1.29 is 42.7 Å². The van der Waals surface area contributed by atoms with Gasteiger partial charge in [0.25, 0.3) is 0 Å². The van der Waals surface area contributed by atoms with Gasteiger partial charge in [0.2, 0.25) is 11.8 Å². The third kappa shape index (κ3) is 20.7. The number of alkyl carbamates (subject to hydrolysis) is 1. The highest BCUT2D eigenvalue weighted by atomic mass is 32.2. The Balaban J connectivity index is 3.14. The van der Waals surface area contributed by atoms with Crippen LogP contribution in [0.4, 0.5) is 9.18 Å². The number of hydrogen-bond donors (Lipinski definition) is 3. The average molecular weight is 778 g/mol. The molecule has 5 atom stereocenters. The molecule has 13 heteroatoms. The zero-order chi connectivity index (χ0) is 41.0. The Bertz CT molecular complexity index is 1400. The number of Topliss-reactive ketones (excluding diaryl/α,β-unsaturated/α-hetero) is 4. The van der Waals surface area contributed by atoms with E-state index in [-0.39, 0.29) is 61.3 Å². The van der Waals surface area contributed by atoms with Crippen LogP contribution < -0.4 is 16.0 Å². The van der Waals surface area contributed by atoms with Gasteiger partial charge in [0.1, 0.15) is 23.0 Å². The molecule has 0 aliphatic heterocycles. The number of nitrogens with one attached hydrogen (secondary N) is 3. The lowest BCUT2D eigenvalue weighted by Gasteiger charge is -2.25. The van der Waals surface area contributed by atoms with Crippen LogP contribution in [0.3, 0.4) is 0 Å². The van der Waals surface area contributed by atoms with Crippen LogP contribution in [0.5, 0.6) is 0 Å². The van der Waals surface area contributed by atoms with Gasteiger partial charge in [0, 0.05) is 43.6 Å². The summed E-state index contributed by atoms with van der Waals surface area (Å²) in [7, 11) is 0. The van der Waals surface area contributed by atoms with Crippen molar-refractivity contribution in [3.63, 3.8) is 0 Å². The lowest BCUT2D eigenvalue weighted by molar-refractivity contribution is -0.135. The van der Waals surface area contributed by atoms with Crippen LogP contribution in [0.15, 0.2) is 24.3 Å². The van der Waals surface area contributed by atoms with Gasteiger partial charge in [-0.05, 0) is 115 Å². The van der Waals surface area contributed by atoms with Crippen LogP contribution in [0.2, 0.25) is 0 Å². The molecule has 3 amide bonds. The second-order valence-electron chi connectivity index (χ2n) is 15.8. The third-order valence-corrected chi connectivity index (χ3v) is 9.61. The molecule has 1 unspecified atom stereocenters. The first-order valence-corrected chi connectivity index (χ1v) is 20.5. The molecule has 0 saturated carbocycles. The molecule has 0 aromatic heterocycles. The van der Waals surface area contributed by atoms with Crippen molar-refractivity contribution in [3.8, 4) is 0 Å². The second kappa shape index (κ2) is 24.7. The van der Waals surface area contributed by atoms with Gasteiger partial charge in [-0.15, -0.1) is 0 Å². The first-order valence-electron chi connectivity index (χ1n) is 19.1. The molecule has 1 rings (SSSR count). The molecule has 0 aliphatic rings. The summed E-state index contributed by atoms with van der Waals surface area (Å²) in [6.45, 7) is 14.3. The third-order valence-electron chi connectivity index (χ3n) is 8.96. The number of thioether (sulfide) groups is 1. The highest BCUT2D eigenvalue weighted by Crippen LogP contribution is 2.22. The van der Waals surface area contributed by atoms with Crippen molar-refractivity contribution in [1.29, 1.82) is 0 Å². The van der Waals surface area contributed by atoms with E-state index in [1.807, 2.05) is 27.0 Å². The fourth-order valence-corrected chi connectivity index (χ4v) is 6.53. The Morgan fingerprint density at radius 1 is 0.796 bits per heavy atom. The van der Waals surface area contributed by atoms with Crippen LogP contribution in [0.1, 0.15) is 119 Å². The minimum absolute atomic E-state index is 0.0144. The maximum absolute atomic E-state index is 13.9. The summed E-state index contributed by atoms with van der Waals surface area (Å²) in [4.78, 5) is 91.1. The first kappa shape index (κ1) is 48.4. The minimum atomic E-state index is -1.09. The Morgan fingerprint density at radius 2 is 1.39 bits per heavy atom. The molecule has 0 aliphatic carbocycles. The number of ether oxygens (including phenoxy) is 1. The van der Waals surface area contributed by atoms with E-state index in [9.17, 15) is 38.0 Å². The maximum atomic E-state index is 13.9. The average Bonchev–Trinajstić information content (AvgIpc) is 3.06. The summed E-state index contributed by atoms with van der Waals surface area (Å²) in [6.07, 6.45) is 3.62. The van der Waals surface area contributed by atoms with Gasteiger partial charge in [0.05, 0.1) is 12.1 Å². The summed E-state index contributed by atoms with van der Waals surface area (Å²) in [5, 5.41) is 8.30. The van der Waals surface area contributed by atoms with Crippen molar-refractivity contribution in [2.75, 3.05) is 18.6 Å². The van der Waals surface area contributed by atoms with Gasteiger partial charge in [-0.1, -0.05) is 32.9 Å². The number of carbonyl (C=O) groups excluding carboxylic acids is 7. The van der Waals surface area contributed by atoms with Gasteiger partial charge < -0.3 is 25.5 Å². The number of benzene rings is 1. The predicted octanol–water partition coefficient (Wildman–Crippen LogP) is 6.58. The molecule has 54 heavy (non-hydrogen) atoms. The molecule has 3 N–H and O–H groups in total. The zero-order valence-electron chi connectivity index (χ0n) is 33.8. The van der Waals surface area contributed by atoms with Crippen LogP contribution >= 0.6 is 11.8 Å². The number of amides is 3. The van der Waals surface area contributed by atoms with Crippen molar-refractivity contribution in [2.45, 2.75) is 137 Å². The number of ketones is 4. The quantitative estimate of drug-likeness (QED) is 0.0882. The van der Waals surface area contributed by atoms with Crippen molar-refractivity contribution >= 4 is 52.8 Å². The molecular formula is C41H64FN3O8S. The lowest BCUT2D eigenvalue weighted by atomic mass is 9.86. The molecule has 0 saturated heterocycles. The molecule has 304 valence electrons. The monoisotopic (exact) mass is 777 g/mol. The van der Waals surface area contributed by atoms with E-state index >= 15 is 0 Å². The van der Waals surface area contributed by atoms with Gasteiger partial charge in [0.15, 0.2) is 11.6 Å². The van der Waals surface area contributed by atoms with E-state index in [0.717, 1.165) is 0 Å². The van der Waals surface area contributed by atoms with E-state index in [1.165, 1.54) is 37.7 Å². The van der Waals surface area contributed by atoms with Gasteiger partial charge in [-0.3, -0.25) is 24.0 Å². The number of hydrogen-bond acceptors (Lipinski definition) is 9. The van der Waals surface area contributed by atoms with E-state index in [2.05, 4.69) is 16.0 Å². The SMILES string of the molecule is CSCC[C@H](CC(=O)[C@H](CCC(C)=O)NC(=O)[C@@H](CC(=O)C(C)CC(C)C)Cc1ccc(F)cc1)C(=O)N[C@@H](CCCCNC(=O)OC(C)(C)C)C(C)=O. The Labute approximate surface area is 325 Å². The molecule has 0 radical (unpaired) electrons. The van der Waals surface area contributed by atoms with Crippen molar-refractivity contribution in [1.82, 2.24) is 16.0 Å². The maximum Gasteiger partial charge on any atom is 0.407 e. The van der Waals surface area contributed by atoms with E-state index in [1.54, 1.807) is 32.9 Å². The molecule has 11 nitrogen and oxygen atoms in total. The van der Waals surface area contributed by atoms with E-state index in [4.69, 9.17) is 4.74 Å². The summed E-state index contributed by atoms with van der Waals surface area (Å²) in [6, 6.07) is 3.80. The largest absolute Gasteiger partial charge is 0.444 e. The van der Waals surface area contributed by atoms with Crippen LogP contribution in [0.25, 0.3) is 0 Å². The van der Waals surface area contributed by atoms with Crippen LogP contribution in [-0.2, 0) is 39.9 Å². The number of unbranched alkanes of at least 4 members (excludes halogenated alkanes) is 1. The topological polar surface area (TPSA) is 165 Å². The van der Waals surface area contributed by atoms with Crippen LogP contribution in [0, 0.1) is 29.5 Å². The first-order chi connectivity index (χ1) is 25.2. The summed E-state index contributed by atoms with van der Waals surface area (Å²) in [5.74, 6) is -3.46. The van der Waals surface area contributed by atoms with E-state index < -0.39 is 59.0 Å². The summed E-state index contributed by atoms with van der Waals surface area (Å²) < 4.78 is 18.9. The highest BCUT2D eigenvalue weighted by molar-refractivity contribution is 7.98. The van der Waals surface area contributed by atoms with Gasteiger partial charge in [-0.25, -0.2) is 9.18 Å². The molecule has 0 fully saturated rings. The smallest absolute Gasteiger partial charge is 0.407 e. The fraction of sp³-hybridized carbons (Fsp3) is 0.683. The molecule has 0 spiro atoms. The van der Waals surface area contributed by atoms with Crippen molar-refractivity contribution in [2.24, 2.45) is 23.7 Å².